The van der Waals surface area contributed by atoms with Crippen molar-refractivity contribution in [1.29, 1.82) is 0 Å². The van der Waals surface area contributed by atoms with Gasteiger partial charge in [0.05, 0.1) is 18.8 Å². The van der Waals surface area contributed by atoms with E-state index in [4.69, 9.17) is 9.47 Å². The number of pyridine rings is 1. The van der Waals surface area contributed by atoms with Crippen LogP contribution in [0.5, 0.6) is 5.75 Å². The fraction of sp³-hybridized carbons (Fsp3) is 0.429. The van der Waals surface area contributed by atoms with Gasteiger partial charge >= 0.3 is 0 Å². The molecule has 2 atom stereocenters. The third kappa shape index (κ3) is 5.66. The Balaban J connectivity index is 1.46. The van der Waals surface area contributed by atoms with Crippen molar-refractivity contribution in [3.63, 3.8) is 0 Å². The van der Waals surface area contributed by atoms with E-state index in [0.717, 1.165) is 18.8 Å². The molecule has 0 bridgehead atoms. The van der Waals surface area contributed by atoms with E-state index in [9.17, 15) is 9.18 Å². The van der Waals surface area contributed by atoms with Crippen LogP contribution in [0.25, 0.3) is 0 Å². The summed E-state index contributed by atoms with van der Waals surface area (Å²) in [5.41, 5.74) is 1.37. The number of hydrogen-bond donors (Lipinski definition) is 1. The van der Waals surface area contributed by atoms with E-state index >= 15 is 0 Å². The Morgan fingerprint density at radius 3 is 2.68 bits per heavy atom. The molecule has 1 aliphatic heterocycles. The number of carbonyl (C=O) groups excluding carboxylic acids is 1. The van der Waals surface area contributed by atoms with Gasteiger partial charge < -0.3 is 19.7 Å². The molecule has 7 heteroatoms. The van der Waals surface area contributed by atoms with Crippen molar-refractivity contribution in [3.8, 4) is 5.75 Å². The summed E-state index contributed by atoms with van der Waals surface area (Å²) >= 11 is 0. The van der Waals surface area contributed by atoms with E-state index in [1.54, 1.807) is 18.3 Å². The van der Waals surface area contributed by atoms with Crippen molar-refractivity contribution in [2.45, 2.75) is 32.5 Å². The fourth-order valence-electron chi connectivity index (χ4n) is 3.21. The summed E-state index contributed by atoms with van der Waals surface area (Å²) in [6, 6.07) is 9.60. The predicted molar refractivity (Wildman–Crippen MR) is 105 cm³/mol. The standard InChI is InChI=1S/C21H26FN3O3/c1-15-13-25(14-16(2)28-15)18-8-10-23-20(12-18)21(26)24-9-3-11-27-19-6-4-17(22)5-7-19/h4-8,10,12,15-16H,3,9,11,13-14H2,1-2H3,(H,24,26). The molecule has 1 aromatic heterocycles. The maximum Gasteiger partial charge on any atom is 0.269 e. The summed E-state index contributed by atoms with van der Waals surface area (Å²) in [6.07, 6.45) is 2.60. The molecule has 3 rings (SSSR count). The Morgan fingerprint density at radius 2 is 1.96 bits per heavy atom. The van der Waals surface area contributed by atoms with E-state index in [-0.39, 0.29) is 23.9 Å². The van der Waals surface area contributed by atoms with E-state index in [2.05, 4.69) is 15.2 Å². The van der Waals surface area contributed by atoms with E-state index in [1.807, 2.05) is 26.0 Å². The van der Waals surface area contributed by atoms with Gasteiger partial charge in [0.1, 0.15) is 17.3 Å². The Hall–Kier alpha value is -2.67. The fourth-order valence-corrected chi connectivity index (χ4v) is 3.21. The highest BCUT2D eigenvalue weighted by Crippen LogP contribution is 2.20. The van der Waals surface area contributed by atoms with Crippen LogP contribution in [0.3, 0.4) is 0 Å². The minimum absolute atomic E-state index is 0.148. The summed E-state index contributed by atoms with van der Waals surface area (Å²) in [7, 11) is 0. The molecule has 0 aliphatic carbocycles. The summed E-state index contributed by atoms with van der Waals surface area (Å²) in [4.78, 5) is 18.8. The largest absolute Gasteiger partial charge is 0.494 e. The smallest absolute Gasteiger partial charge is 0.269 e. The highest BCUT2D eigenvalue weighted by molar-refractivity contribution is 5.93. The number of halogens is 1. The van der Waals surface area contributed by atoms with Gasteiger partial charge in [0.25, 0.3) is 5.91 Å². The second-order valence-electron chi connectivity index (χ2n) is 6.97. The normalized spacial score (nSPS) is 19.3. The number of morpholine rings is 1. The van der Waals surface area contributed by atoms with Crippen molar-refractivity contribution in [1.82, 2.24) is 10.3 Å². The summed E-state index contributed by atoms with van der Waals surface area (Å²) in [5.74, 6) is 0.101. The molecular weight excluding hydrogens is 361 g/mol. The number of aromatic nitrogens is 1. The lowest BCUT2D eigenvalue weighted by atomic mass is 10.2. The monoisotopic (exact) mass is 387 g/mol. The quantitative estimate of drug-likeness (QED) is 0.740. The Bertz CT molecular complexity index is 775. The second-order valence-corrected chi connectivity index (χ2v) is 6.97. The molecule has 2 unspecified atom stereocenters. The number of ether oxygens (including phenoxy) is 2. The van der Waals surface area contributed by atoms with Gasteiger partial charge in [0.2, 0.25) is 0 Å². The molecule has 0 radical (unpaired) electrons. The Labute approximate surface area is 164 Å². The minimum atomic E-state index is -0.296. The lowest BCUT2D eigenvalue weighted by Gasteiger charge is -2.36. The first kappa shape index (κ1) is 20.1. The van der Waals surface area contributed by atoms with Crippen molar-refractivity contribution in [2.24, 2.45) is 0 Å². The van der Waals surface area contributed by atoms with E-state index < -0.39 is 0 Å². The zero-order valence-corrected chi connectivity index (χ0v) is 16.2. The molecule has 6 nitrogen and oxygen atoms in total. The number of amides is 1. The third-order valence-corrected chi connectivity index (χ3v) is 4.45. The summed E-state index contributed by atoms with van der Waals surface area (Å²) < 4.78 is 24.1. The third-order valence-electron chi connectivity index (χ3n) is 4.45. The van der Waals surface area contributed by atoms with E-state index in [0.29, 0.717) is 31.0 Å². The van der Waals surface area contributed by atoms with E-state index in [1.165, 1.54) is 12.1 Å². The van der Waals surface area contributed by atoms with Crippen LogP contribution in [0.4, 0.5) is 10.1 Å². The molecule has 1 aliphatic rings. The molecule has 1 aromatic carbocycles. The number of benzene rings is 1. The minimum Gasteiger partial charge on any atom is -0.494 e. The zero-order chi connectivity index (χ0) is 19.9. The van der Waals surface area contributed by atoms with Crippen molar-refractivity contribution in [3.05, 3.63) is 54.1 Å². The number of anilines is 1. The van der Waals surface area contributed by atoms with Crippen LogP contribution in [0.1, 0.15) is 30.8 Å². The second kappa shape index (κ2) is 9.50. The highest BCUT2D eigenvalue weighted by Gasteiger charge is 2.23. The SMILES string of the molecule is CC1CN(c2ccnc(C(=O)NCCCOc3ccc(F)cc3)c2)CC(C)O1. The summed E-state index contributed by atoms with van der Waals surface area (Å²) in [5, 5.41) is 2.86. The lowest BCUT2D eigenvalue weighted by Crippen LogP contribution is -2.45. The van der Waals surface area contributed by atoms with Crippen LogP contribution in [-0.4, -0.2) is 49.3 Å². The maximum absolute atomic E-state index is 12.8. The molecule has 1 amide bonds. The van der Waals surface area contributed by atoms with Crippen molar-refractivity contribution >= 4 is 11.6 Å². The highest BCUT2D eigenvalue weighted by atomic mass is 19.1. The van der Waals surface area contributed by atoms with Gasteiger partial charge in [-0.15, -0.1) is 0 Å². The van der Waals surface area contributed by atoms with Crippen LogP contribution < -0.4 is 15.0 Å². The van der Waals surface area contributed by atoms with Gasteiger partial charge in [-0.3, -0.25) is 9.78 Å². The van der Waals surface area contributed by atoms with Crippen LogP contribution in [0.2, 0.25) is 0 Å². The average molecular weight is 387 g/mol. The average Bonchev–Trinajstić information content (AvgIpc) is 2.68. The predicted octanol–water partition coefficient (Wildman–Crippen LogP) is 3.03. The lowest BCUT2D eigenvalue weighted by molar-refractivity contribution is -0.00522. The summed E-state index contributed by atoms with van der Waals surface area (Å²) in [6.45, 7) is 6.57. The number of carbonyl (C=O) groups is 1. The van der Waals surface area contributed by atoms with Crippen LogP contribution >= 0.6 is 0 Å². The molecule has 28 heavy (non-hydrogen) atoms. The van der Waals surface area contributed by atoms with Gasteiger partial charge in [0, 0.05) is 31.5 Å². The van der Waals surface area contributed by atoms with Crippen LogP contribution in [-0.2, 0) is 4.74 Å². The molecule has 0 spiro atoms. The Kier molecular flexibility index (Phi) is 6.81. The first-order valence-corrected chi connectivity index (χ1v) is 9.54. The number of nitrogens with one attached hydrogen (secondary N) is 1. The molecule has 1 fully saturated rings. The molecule has 1 N–H and O–H groups in total. The molecule has 1 saturated heterocycles. The number of nitrogens with zero attached hydrogens (tertiary/aromatic N) is 2. The van der Waals surface area contributed by atoms with Gasteiger partial charge in [0.15, 0.2) is 0 Å². The molecule has 0 saturated carbocycles. The van der Waals surface area contributed by atoms with Gasteiger partial charge in [-0.25, -0.2) is 4.39 Å². The molecular formula is C21H26FN3O3. The molecule has 2 aromatic rings. The number of rotatable bonds is 7. The maximum atomic E-state index is 12.8. The zero-order valence-electron chi connectivity index (χ0n) is 16.2. The van der Waals surface area contributed by atoms with Gasteiger partial charge in [-0.1, -0.05) is 0 Å². The Morgan fingerprint density at radius 1 is 1.25 bits per heavy atom. The first-order valence-electron chi connectivity index (χ1n) is 9.54. The van der Waals surface area contributed by atoms with Crippen LogP contribution in [0, 0.1) is 5.82 Å². The molecule has 2 heterocycles. The topological polar surface area (TPSA) is 63.7 Å². The van der Waals surface area contributed by atoms with Gasteiger partial charge in [-0.05, 0) is 56.7 Å². The van der Waals surface area contributed by atoms with Crippen LogP contribution in [0.15, 0.2) is 42.6 Å². The van der Waals surface area contributed by atoms with Gasteiger partial charge in [-0.2, -0.15) is 0 Å². The van der Waals surface area contributed by atoms with Crippen molar-refractivity contribution < 1.29 is 18.7 Å². The first-order chi connectivity index (χ1) is 13.5. The number of hydrogen-bond acceptors (Lipinski definition) is 5. The van der Waals surface area contributed by atoms with Crippen molar-refractivity contribution in [2.75, 3.05) is 31.1 Å². The molecule has 150 valence electrons.